The van der Waals surface area contributed by atoms with Crippen molar-refractivity contribution in [2.24, 2.45) is 0 Å². The van der Waals surface area contributed by atoms with Crippen LogP contribution in [0.2, 0.25) is 5.02 Å². The zero-order valence-corrected chi connectivity index (χ0v) is 5.77. The van der Waals surface area contributed by atoms with Crippen LogP contribution in [0.4, 0.5) is 4.39 Å². The lowest BCUT2D eigenvalue weighted by Gasteiger charge is -1.98. The van der Waals surface area contributed by atoms with E-state index in [-0.39, 0.29) is 5.02 Å². The van der Waals surface area contributed by atoms with E-state index in [0.29, 0.717) is 5.56 Å². The fourth-order valence-corrected chi connectivity index (χ4v) is 0.795. The van der Waals surface area contributed by atoms with Gasteiger partial charge in [0.2, 0.25) is 0 Å². The molecule has 0 aromatic heterocycles. The minimum atomic E-state index is -0.524. The van der Waals surface area contributed by atoms with E-state index in [1.54, 1.807) is 0 Å². The van der Waals surface area contributed by atoms with Crippen LogP contribution in [0.1, 0.15) is 5.56 Å². The maximum absolute atomic E-state index is 12.5. The van der Waals surface area contributed by atoms with E-state index in [9.17, 15) is 4.39 Å². The highest BCUT2D eigenvalue weighted by Crippen LogP contribution is 2.19. The van der Waals surface area contributed by atoms with Crippen LogP contribution in [0.25, 0.3) is 0 Å². The first-order valence-electron chi connectivity index (χ1n) is 2.67. The van der Waals surface area contributed by atoms with Gasteiger partial charge in [0.05, 0.1) is 5.02 Å². The molecule has 0 saturated heterocycles. The van der Waals surface area contributed by atoms with E-state index in [4.69, 9.17) is 16.7 Å². The van der Waals surface area contributed by atoms with E-state index < -0.39 is 5.82 Å². The van der Waals surface area contributed by atoms with Crippen molar-refractivity contribution >= 4 is 11.6 Å². The average molecular weight is 160 g/mol. The lowest BCUT2D eigenvalue weighted by atomic mass is 10.2. The third-order valence-electron chi connectivity index (χ3n) is 1.12. The van der Waals surface area contributed by atoms with Crippen LogP contribution in [0, 0.1) is 12.4 Å². The molecule has 0 bridgehead atoms. The van der Waals surface area contributed by atoms with Crippen LogP contribution >= 0.6 is 11.6 Å². The summed E-state index contributed by atoms with van der Waals surface area (Å²) < 4.78 is 12.5. The normalized spacial score (nSPS) is 9.90. The highest BCUT2D eigenvalue weighted by Gasteiger charge is 2.02. The molecule has 1 aromatic rings. The van der Waals surface area contributed by atoms with Gasteiger partial charge in [0.25, 0.3) is 0 Å². The zero-order valence-electron chi connectivity index (χ0n) is 5.01. The molecule has 0 unspecified atom stereocenters. The van der Waals surface area contributed by atoms with Crippen molar-refractivity contribution in [2.75, 3.05) is 0 Å². The van der Waals surface area contributed by atoms with Gasteiger partial charge < -0.3 is 5.11 Å². The summed E-state index contributed by atoms with van der Waals surface area (Å²) in [5, 5.41) is 8.42. The van der Waals surface area contributed by atoms with Gasteiger partial charge >= 0.3 is 0 Å². The summed E-state index contributed by atoms with van der Waals surface area (Å²) in [5.41, 5.74) is 0.293. The fourth-order valence-electron chi connectivity index (χ4n) is 0.620. The Morgan fingerprint density at radius 1 is 1.50 bits per heavy atom. The van der Waals surface area contributed by atoms with Crippen LogP contribution in [-0.4, -0.2) is 5.11 Å². The minimum absolute atomic E-state index is 0.0509. The second-order valence-corrected chi connectivity index (χ2v) is 2.15. The lowest BCUT2D eigenvalue weighted by molar-refractivity contribution is 0.414. The summed E-state index contributed by atoms with van der Waals surface area (Å²) in [6.07, 6.45) is 0. The van der Waals surface area contributed by atoms with Gasteiger partial charge in [0.15, 0.2) is 0 Å². The first-order valence-corrected chi connectivity index (χ1v) is 3.05. The molecule has 53 valence electrons. The van der Waals surface area contributed by atoms with Gasteiger partial charge in [0, 0.05) is 5.56 Å². The minimum Gasteiger partial charge on any atom is -0.385 e. The average Bonchev–Trinajstić information content (AvgIpc) is 1.95. The highest BCUT2D eigenvalue weighted by molar-refractivity contribution is 6.31. The molecule has 0 aliphatic carbocycles. The first kappa shape index (κ1) is 7.51. The summed E-state index contributed by atoms with van der Waals surface area (Å²) in [6, 6.07) is 4.23. The number of halogens is 2. The molecule has 0 fully saturated rings. The Hall–Kier alpha value is -0.600. The molecule has 3 heteroatoms. The first-order chi connectivity index (χ1) is 4.75. The standard InChI is InChI=1S/C7H5ClFO/c8-7-5(4-10)2-1-3-6(7)9/h1-4,10H. The van der Waals surface area contributed by atoms with E-state index in [0.717, 1.165) is 6.61 Å². The van der Waals surface area contributed by atoms with E-state index in [1.165, 1.54) is 18.2 Å². The Morgan fingerprint density at radius 2 is 2.20 bits per heavy atom. The lowest BCUT2D eigenvalue weighted by Crippen LogP contribution is -1.84. The Kier molecular flexibility index (Phi) is 2.25. The molecule has 0 spiro atoms. The Bertz CT molecular complexity index is 237. The van der Waals surface area contributed by atoms with Crippen LogP contribution in [0.3, 0.4) is 0 Å². The zero-order chi connectivity index (χ0) is 7.56. The van der Waals surface area contributed by atoms with Gasteiger partial charge in [-0.05, 0) is 6.07 Å². The monoisotopic (exact) mass is 159 g/mol. The van der Waals surface area contributed by atoms with Gasteiger partial charge in [-0.3, -0.25) is 0 Å². The van der Waals surface area contributed by atoms with Crippen molar-refractivity contribution in [3.8, 4) is 0 Å². The van der Waals surface area contributed by atoms with Gasteiger partial charge in [-0.15, -0.1) is 0 Å². The smallest absolute Gasteiger partial charge is 0.142 e. The predicted molar refractivity (Wildman–Crippen MR) is 36.7 cm³/mol. The Balaban J connectivity index is 3.14. The van der Waals surface area contributed by atoms with E-state index in [2.05, 4.69) is 0 Å². The molecule has 1 N–H and O–H groups in total. The number of aliphatic hydroxyl groups is 1. The van der Waals surface area contributed by atoms with Crippen molar-refractivity contribution in [1.29, 1.82) is 0 Å². The predicted octanol–water partition coefficient (Wildman–Crippen LogP) is 2.36. The summed E-state index contributed by atoms with van der Waals surface area (Å²) in [5.74, 6) is -0.524. The van der Waals surface area contributed by atoms with Gasteiger partial charge in [-0.2, -0.15) is 0 Å². The van der Waals surface area contributed by atoms with Gasteiger partial charge in [-0.25, -0.2) is 4.39 Å². The van der Waals surface area contributed by atoms with Crippen molar-refractivity contribution in [1.82, 2.24) is 0 Å². The summed E-state index contributed by atoms with van der Waals surface area (Å²) in [7, 11) is 0. The molecular weight excluding hydrogens is 155 g/mol. The summed E-state index contributed by atoms with van der Waals surface area (Å²) in [6.45, 7) is 0.769. The van der Waals surface area contributed by atoms with E-state index in [1.807, 2.05) is 0 Å². The van der Waals surface area contributed by atoms with Crippen molar-refractivity contribution in [3.05, 3.63) is 41.2 Å². The maximum atomic E-state index is 12.5. The second-order valence-electron chi connectivity index (χ2n) is 1.77. The third kappa shape index (κ3) is 1.28. The highest BCUT2D eigenvalue weighted by atomic mass is 35.5. The topological polar surface area (TPSA) is 20.2 Å². The third-order valence-corrected chi connectivity index (χ3v) is 1.52. The van der Waals surface area contributed by atoms with Crippen LogP contribution < -0.4 is 0 Å². The largest absolute Gasteiger partial charge is 0.385 e. The molecule has 10 heavy (non-hydrogen) atoms. The molecule has 0 aliphatic rings. The van der Waals surface area contributed by atoms with Crippen molar-refractivity contribution in [3.63, 3.8) is 0 Å². The van der Waals surface area contributed by atoms with Crippen molar-refractivity contribution < 1.29 is 9.50 Å². The summed E-state index contributed by atoms with van der Waals surface area (Å²) in [4.78, 5) is 0. The molecule has 1 rings (SSSR count). The number of aliphatic hydroxyl groups excluding tert-OH is 1. The van der Waals surface area contributed by atoms with Gasteiger partial charge in [0.1, 0.15) is 12.4 Å². The molecule has 0 heterocycles. The van der Waals surface area contributed by atoms with Crippen LogP contribution in [-0.2, 0) is 0 Å². The summed E-state index contributed by atoms with van der Waals surface area (Å²) >= 11 is 5.43. The number of rotatable bonds is 1. The quantitative estimate of drug-likeness (QED) is 0.667. The molecule has 0 amide bonds. The molecule has 0 atom stereocenters. The molecule has 0 aliphatic heterocycles. The van der Waals surface area contributed by atoms with Crippen LogP contribution in [0.5, 0.6) is 0 Å². The van der Waals surface area contributed by atoms with Crippen LogP contribution in [0.15, 0.2) is 18.2 Å². The number of benzene rings is 1. The Labute approximate surface area is 63.1 Å². The molecular formula is C7H5ClFO. The van der Waals surface area contributed by atoms with Crippen molar-refractivity contribution in [2.45, 2.75) is 0 Å². The molecule has 1 nitrogen and oxygen atoms in total. The molecule has 1 radical (unpaired) electrons. The molecule has 1 aromatic carbocycles. The Morgan fingerprint density at radius 3 is 2.70 bits per heavy atom. The molecule has 0 saturated carbocycles. The maximum Gasteiger partial charge on any atom is 0.142 e. The second kappa shape index (κ2) is 2.99. The number of hydrogen-bond donors (Lipinski definition) is 1. The van der Waals surface area contributed by atoms with Gasteiger partial charge in [-0.1, -0.05) is 23.7 Å². The number of hydrogen-bond acceptors (Lipinski definition) is 1. The van der Waals surface area contributed by atoms with E-state index >= 15 is 0 Å². The SMILES string of the molecule is O[CH]c1cccc(F)c1Cl. The fraction of sp³-hybridized carbons (Fsp3) is 0.